The van der Waals surface area contributed by atoms with Gasteiger partial charge in [-0.2, -0.15) is 10.1 Å². The second-order valence-corrected chi connectivity index (χ2v) is 7.31. The molecule has 0 bridgehead atoms. The van der Waals surface area contributed by atoms with E-state index in [-0.39, 0.29) is 0 Å². The standard InChI is InChI=1S/C22H22N6O/c1-27-11-13-28(14-12-27)19-4-2-3-18(15-19)21-24-22(29-26-21)17-7-5-16(6-8-17)20-9-10-23-25-20/h2-10,15H,11-14H2,1H3,(H,23,25). The molecule has 5 rings (SSSR count). The number of nitrogens with one attached hydrogen (secondary N) is 1. The Kier molecular flexibility index (Phi) is 4.57. The van der Waals surface area contributed by atoms with Crippen molar-refractivity contribution in [2.75, 3.05) is 38.1 Å². The van der Waals surface area contributed by atoms with Crippen LogP contribution in [0.5, 0.6) is 0 Å². The maximum absolute atomic E-state index is 5.53. The zero-order valence-electron chi connectivity index (χ0n) is 16.2. The molecule has 0 amide bonds. The van der Waals surface area contributed by atoms with Gasteiger partial charge in [0.15, 0.2) is 0 Å². The second kappa shape index (κ2) is 7.52. The van der Waals surface area contributed by atoms with Crippen LogP contribution in [0.25, 0.3) is 34.1 Å². The zero-order chi connectivity index (χ0) is 19.6. The average molecular weight is 386 g/mol. The Labute approximate surface area is 169 Å². The minimum Gasteiger partial charge on any atom is -0.369 e. The number of benzene rings is 2. The Morgan fingerprint density at radius 3 is 2.45 bits per heavy atom. The van der Waals surface area contributed by atoms with Crippen molar-refractivity contribution in [1.82, 2.24) is 25.2 Å². The molecule has 29 heavy (non-hydrogen) atoms. The lowest BCUT2D eigenvalue weighted by Gasteiger charge is -2.34. The molecule has 1 saturated heterocycles. The molecule has 1 N–H and O–H groups in total. The molecule has 0 atom stereocenters. The number of hydrogen-bond acceptors (Lipinski definition) is 6. The highest BCUT2D eigenvalue weighted by molar-refractivity contribution is 5.67. The van der Waals surface area contributed by atoms with Crippen molar-refractivity contribution in [3.8, 4) is 34.1 Å². The Morgan fingerprint density at radius 2 is 1.69 bits per heavy atom. The number of anilines is 1. The van der Waals surface area contributed by atoms with Gasteiger partial charge in [-0.25, -0.2) is 0 Å². The van der Waals surface area contributed by atoms with Gasteiger partial charge in [0.05, 0.1) is 5.69 Å². The molecule has 7 heteroatoms. The van der Waals surface area contributed by atoms with Crippen molar-refractivity contribution in [3.05, 3.63) is 60.8 Å². The summed E-state index contributed by atoms with van der Waals surface area (Å²) in [5.41, 5.74) is 5.09. The molecule has 3 heterocycles. The predicted octanol–water partition coefficient (Wildman–Crippen LogP) is 3.55. The number of H-pyrrole nitrogens is 1. The molecule has 0 unspecified atom stereocenters. The summed E-state index contributed by atoms with van der Waals surface area (Å²) in [6.45, 7) is 4.20. The van der Waals surface area contributed by atoms with Crippen LogP contribution in [-0.4, -0.2) is 58.5 Å². The zero-order valence-corrected chi connectivity index (χ0v) is 16.2. The van der Waals surface area contributed by atoms with E-state index in [1.54, 1.807) is 6.20 Å². The van der Waals surface area contributed by atoms with E-state index in [0.29, 0.717) is 11.7 Å². The van der Waals surface area contributed by atoms with Gasteiger partial charge in [-0.3, -0.25) is 5.10 Å². The second-order valence-electron chi connectivity index (χ2n) is 7.31. The summed E-state index contributed by atoms with van der Waals surface area (Å²) in [4.78, 5) is 9.37. The van der Waals surface area contributed by atoms with E-state index >= 15 is 0 Å². The summed E-state index contributed by atoms with van der Waals surface area (Å²) >= 11 is 0. The lowest BCUT2D eigenvalue weighted by Crippen LogP contribution is -2.44. The summed E-state index contributed by atoms with van der Waals surface area (Å²) in [6, 6.07) is 18.3. The van der Waals surface area contributed by atoms with Gasteiger partial charge < -0.3 is 14.3 Å². The predicted molar refractivity (Wildman–Crippen MR) is 112 cm³/mol. The van der Waals surface area contributed by atoms with Crippen LogP contribution < -0.4 is 4.90 Å². The van der Waals surface area contributed by atoms with Gasteiger partial charge in [-0.15, -0.1) is 0 Å². The van der Waals surface area contributed by atoms with Gasteiger partial charge in [0.25, 0.3) is 5.89 Å². The van der Waals surface area contributed by atoms with Gasteiger partial charge in [0.1, 0.15) is 0 Å². The van der Waals surface area contributed by atoms with E-state index in [0.717, 1.165) is 48.6 Å². The molecule has 2 aromatic heterocycles. The summed E-state index contributed by atoms with van der Waals surface area (Å²) < 4.78 is 5.53. The highest BCUT2D eigenvalue weighted by Gasteiger charge is 2.16. The third-order valence-electron chi connectivity index (χ3n) is 5.34. The average Bonchev–Trinajstić information content (AvgIpc) is 3.47. The molecule has 1 fully saturated rings. The Hall–Kier alpha value is -3.45. The molecule has 1 aliphatic rings. The van der Waals surface area contributed by atoms with Crippen molar-refractivity contribution in [1.29, 1.82) is 0 Å². The maximum atomic E-state index is 5.53. The van der Waals surface area contributed by atoms with Crippen molar-refractivity contribution < 1.29 is 4.52 Å². The van der Waals surface area contributed by atoms with Gasteiger partial charge in [0.2, 0.25) is 5.82 Å². The molecular weight excluding hydrogens is 364 g/mol. The molecule has 1 aliphatic heterocycles. The normalized spacial score (nSPS) is 15.0. The Bertz CT molecular complexity index is 1080. The van der Waals surface area contributed by atoms with Crippen LogP contribution in [0.2, 0.25) is 0 Å². The van der Waals surface area contributed by atoms with E-state index in [2.05, 4.69) is 55.4 Å². The molecule has 4 aromatic rings. The van der Waals surface area contributed by atoms with E-state index in [1.165, 1.54) is 5.69 Å². The monoisotopic (exact) mass is 386 g/mol. The number of aromatic nitrogens is 4. The van der Waals surface area contributed by atoms with Crippen molar-refractivity contribution in [3.63, 3.8) is 0 Å². The molecule has 2 aromatic carbocycles. The molecule has 0 radical (unpaired) electrons. The van der Waals surface area contributed by atoms with Crippen LogP contribution in [-0.2, 0) is 0 Å². The number of rotatable bonds is 4. The SMILES string of the molecule is CN1CCN(c2cccc(-c3noc(-c4ccc(-c5ccn[nH]5)cc4)n3)c2)CC1. The van der Waals surface area contributed by atoms with Gasteiger partial charge in [-0.05, 0) is 42.9 Å². The van der Waals surface area contributed by atoms with Crippen molar-refractivity contribution in [2.45, 2.75) is 0 Å². The lowest BCUT2D eigenvalue weighted by atomic mass is 10.1. The van der Waals surface area contributed by atoms with Crippen LogP contribution in [0, 0.1) is 0 Å². The summed E-state index contributed by atoms with van der Waals surface area (Å²) in [5.74, 6) is 1.12. The van der Waals surface area contributed by atoms with Crippen LogP contribution >= 0.6 is 0 Å². The highest BCUT2D eigenvalue weighted by Crippen LogP contribution is 2.27. The van der Waals surface area contributed by atoms with E-state index in [9.17, 15) is 0 Å². The first kappa shape index (κ1) is 17.6. The quantitative estimate of drug-likeness (QED) is 0.578. The largest absolute Gasteiger partial charge is 0.369 e. The van der Waals surface area contributed by atoms with Crippen LogP contribution in [0.4, 0.5) is 5.69 Å². The highest BCUT2D eigenvalue weighted by atomic mass is 16.5. The number of piperazine rings is 1. The summed E-state index contributed by atoms with van der Waals surface area (Å²) in [7, 11) is 2.16. The van der Waals surface area contributed by atoms with Gasteiger partial charge in [-0.1, -0.05) is 29.4 Å². The third-order valence-corrected chi connectivity index (χ3v) is 5.34. The fourth-order valence-electron chi connectivity index (χ4n) is 3.57. The number of hydrogen-bond donors (Lipinski definition) is 1. The summed E-state index contributed by atoms with van der Waals surface area (Å²) in [6.07, 6.45) is 1.74. The molecular formula is C22H22N6O. The van der Waals surface area contributed by atoms with Crippen LogP contribution in [0.3, 0.4) is 0 Å². The number of nitrogens with zero attached hydrogens (tertiary/aromatic N) is 5. The molecule has 7 nitrogen and oxygen atoms in total. The minimum absolute atomic E-state index is 0.515. The maximum Gasteiger partial charge on any atom is 0.258 e. The first-order chi connectivity index (χ1) is 14.3. The topological polar surface area (TPSA) is 74.1 Å². The van der Waals surface area contributed by atoms with E-state index in [4.69, 9.17) is 4.52 Å². The number of aromatic amines is 1. The Morgan fingerprint density at radius 1 is 0.897 bits per heavy atom. The van der Waals surface area contributed by atoms with Gasteiger partial charge in [0, 0.05) is 49.2 Å². The first-order valence-corrected chi connectivity index (χ1v) is 9.74. The van der Waals surface area contributed by atoms with Crippen LogP contribution in [0.15, 0.2) is 65.3 Å². The molecule has 0 spiro atoms. The minimum atomic E-state index is 0.515. The summed E-state index contributed by atoms with van der Waals surface area (Å²) in [5, 5.41) is 11.2. The Balaban J connectivity index is 1.37. The third kappa shape index (κ3) is 3.64. The van der Waals surface area contributed by atoms with E-state index in [1.807, 2.05) is 36.4 Å². The van der Waals surface area contributed by atoms with Gasteiger partial charge >= 0.3 is 0 Å². The fraction of sp³-hybridized carbons (Fsp3) is 0.227. The lowest BCUT2D eigenvalue weighted by molar-refractivity contribution is 0.313. The molecule has 0 saturated carbocycles. The van der Waals surface area contributed by atoms with E-state index < -0.39 is 0 Å². The van der Waals surface area contributed by atoms with Crippen LogP contribution in [0.1, 0.15) is 0 Å². The fourth-order valence-corrected chi connectivity index (χ4v) is 3.57. The molecule has 0 aliphatic carbocycles. The van der Waals surface area contributed by atoms with Crippen molar-refractivity contribution >= 4 is 5.69 Å². The smallest absolute Gasteiger partial charge is 0.258 e. The number of likely N-dealkylation sites (N-methyl/N-ethyl adjacent to an activating group) is 1. The van der Waals surface area contributed by atoms with Crippen molar-refractivity contribution in [2.24, 2.45) is 0 Å². The molecule has 146 valence electrons. The first-order valence-electron chi connectivity index (χ1n) is 9.74.